The Morgan fingerprint density at radius 1 is 0.382 bits per heavy atom. The van der Waals surface area contributed by atoms with E-state index in [0.29, 0.717) is 49.4 Å². The number of aryl methyl sites for hydroxylation is 4. The van der Waals surface area contributed by atoms with Gasteiger partial charge in [0.05, 0.1) is 158 Å². The number of benzene rings is 6. The third-order valence-electron chi connectivity index (χ3n) is 26.3. The van der Waals surface area contributed by atoms with Gasteiger partial charge in [-0.2, -0.15) is 30.7 Å². The highest BCUT2D eigenvalue weighted by Gasteiger charge is 2.56. The Morgan fingerprint density at radius 3 is 1.08 bits per heavy atom. The second-order valence-corrected chi connectivity index (χ2v) is 41.1. The zero-order valence-corrected chi connectivity index (χ0v) is 82.4. The van der Waals surface area contributed by atoms with Gasteiger partial charge in [0.1, 0.15) is 30.9 Å². The highest BCUT2D eigenvalue weighted by molar-refractivity contribution is 7.35. The molecule has 4 aliphatic rings. The van der Waals surface area contributed by atoms with Crippen LogP contribution >= 0.6 is 68.0 Å². The van der Waals surface area contributed by atoms with Crippen molar-refractivity contribution >= 4 is 124 Å². The molecule has 0 amide bonds. The molecule has 6 aromatic heterocycles. The summed E-state index contributed by atoms with van der Waals surface area (Å²) < 4.78 is 38.2. The monoisotopic (exact) mass is 1900 g/mol. The molecular weight excluding hydrogens is 1800 g/mol. The van der Waals surface area contributed by atoms with Gasteiger partial charge in [0.2, 0.25) is 11.4 Å². The molecule has 0 N–H and O–H groups in total. The maximum Gasteiger partial charge on any atom is 0.527 e. The zero-order chi connectivity index (χ0) is 95.0. The number of ketones is 2. The molecule has 16 nitrogen and oxygen atoms in total. The summed E-state index contributed by atoms with van der Waals surface area (Å²) in [5.74, 6) is -1.24. The van der Waals surface area contributed by atoms with Crippen molar-refractivity contribution in [2.45, 2.75) is 180 Å². The maximum absolute atomic E-state index is 15.1. The molecule has 12 aromatic rings. The third-order valence-corrected chi connectivity index (χ3v) is 34.1. The van der Waals surface area contributed by atoms with Gasteiger partial charge in [-0.25, -0.2) is 9.69 Å². The topological polar surface area (TPSA) is 202 Å². The van der Waals surface area contributed by atoms with E-state index >= 15 is 9.59 Å². The van der Waals surface area contributed by atoms with Crippen molar-refractivity contribution in [2.24, 2.45) is 0 Å². The van der Waals surface area contributed by atoms with Gasteiger partial charge >= 0.3 is 5.82 Å². The average molecular weight is 1910 g/mol. The summed E-state index contributed by atoms with van der Waals surface area (Å²) in [4.78, 5) is 54.5. The van der Waals surface area contributed by atoms with Gasteiger partial charge in [-0.05, 0) is 190 Å². The lowest BCUT2D eigenvalue weighted by Crippen LogP contribution is -2.29. The standard InChI is InChI=1S/C114H104N8O8S6/c1-11-15-19-23-27-71-31-39-80(40-32-71)113(81-41-33-72(34-42-81)28-24-20-16-12-2)92-63-96(104-77(69-129-53-51-127-49-47-125-9)55-84(131-104)59-90-98(79(67-117)68-118)86-57-75(65-115)95(120-6)62-89(86)103(90)124)133-106(92)108-100(113)110-111(135-108)101-109(136-110)107-93(114(101,82-43-35-73(36-44-82)29-25-21-17-13-3)83-45-37-74(38-46-83)30-26-22-18-14-4)64-97(134-107)105-78(70-130-54-52-128-50-48-126-10)56-85(132-105)60-91-99(112(121-7)122-8)87-61-94(119-5)76(66-116)58-88(87)102(91)123/h31-46,55-64H,11-30,47-54,69-70H2,1-4,9-10H3/b90-59-,91-60-. The number of fused-ring (bicyclic) bond motifs is 11. The van der Waals surface area contributed by atoms with Crippen LogP contribution in [0, 0.1) is 71.6 Å². The summed E-state index contributed by atoms with van der Waals surface area (Å²) in [6.45, 7) is 44.8. The SMILES string of the molecule is [C-]#[N+]C([N+]#[C-])=C1/C(=C/c2cc(COCCOCCOC)c(-c3cc4c(s3)-c3sc5c6c(sc5c3C4(c3ccc(CCCCCC)cc3)c3ccc(CCCCCC)cc3)-c3sc(-c4sc(/C=C5\C(=O)c7cc([N+]#[C-])c(C#N)cc7C5=C(C#N)C#N)cc4COCCOCCOC)cc3C6(c3ccc(CCCCCC)cc3)c3ccc(CCCCCC)cc3)s2)C(=O)c2cc(C#N)c([N+]#[C-])cc21. The van der Waals surface area contributed by atoms with Gasteiger partial charge in [0, 0.05) is 72.7 Å². The molecule has 0 unspecified atom stereocenters. The summed E-state index contributed by atoms with van der Waals surface area (Å²) >= 11 is 10.3. The molecule has 0 aliphatic heterocycles. The van der Waals surface area contributed by atoms with Gasteiger partial charge in [-0.15, -0.1) is 68.0 Å². The average Bonchev–Trinajstić information content (AvgIpc) is 1.48. The van der Waals surface area contributed by atoms with E-state index in [4.69, 9.17) is 54.7 Å². The number of Topliss-reactive ketones (excluding diaryl/α,β-unsaturated/α-hetero) is 2. The Kier molecular flexibility index (Phi) is 31.8. The van der Waals surface area contributed by atoms with Crippen molar-refractivity contribution < 1.29 is 38.0 Å². The number of ether oxygens (including phenoxy) is 6. The third kappa shape index (κ3) is 19.0. The highest BCUT2D eigenvalue weighted by Crippen LogP contribution is 2.71. The number of nitrogens with zero attached hydrogens (tertiary/aromatic N) is 8. The fraction of sp³-hybridized carbons (Fsp3) is 0.333. The summed E-state index contributed by atoms with van der Waals surface area (Å²) in [6, 6.07) is 61.1. The number of allylic oxidation sites excluding steroid dienone is 5. The highest BCUT2D eigenvalue weighted by atomic mass is 32.1. The molecule has 136 heavy (non-hydrogen) atoms. The Balaban J connectivity index is 0.963. The van der Waals surface area contributed by atoms with E-state index in [0.717, 1.165) is 177 Å². The van der Waals surface area contributed by atoms with Crippen molar-refractivity contribution in [2.75, 3.05) is 67.1 Å². The Hall–Kier alpha value is -12.2. The van der Waals surface area contributed by atoms with Crippen LogP contribution in [0.25, 0.3) is 91.1 Å². The molecule has 684 valence electrons. The Morgan fingerprint density at radius 2 is 0.728 bits per heavy atom. The van der Waals surface area contributed by atoms with Crippen LogP contribution in [-0.2, 0) is 78.1 Å². The molecule has 0 spiro atoms. The molecular formula is C114H104N8O8S6. The first-order valence-electron chi connectivity index (χ1n) is 47.0. The first-order valence-corrected chi connectivity index (χ1v) is 51.9. The minimum absolute atomic E-state index is 0.00191. The molecule has 0 atom stereocenters. The van der Waals surface area contributed by atoms with Crippen molar-refractivity contribution in [3.63, 3.8) is 0 Å². The van der Waals surface area contributed by atoms with E-state index in [1.165, 1.54) is 125 Å². The molecule has 0 bridgehead atoms. The molecule has 22 heteroatoms. The van der Waals surface area contributed by atoms with Crippen LogP contribution in [-0.4, -0.2) is 78.6 Å². The number of thiophene rings is 6. The van der Waals surface area contributed by atoms with E-state index in [-0.39, 0.29) is 105 Å². The first kappa shape index (κ1) is 96.9. The quantitative estimate of drug-likeness (QED) is 0.0152. The number of hydrogen-bond donors (Lipinski definition) is 0. The van der Waals surface area contributed by atoms with Crippen LogP contribution in [0.3, 0.4) is 0 Å². The summed E-state index contributed by atoms with van der Waals surface area (Å²) in [7, 11) is 3.28. The smallest absolute Gasteiger partial charge is 0.382 e. The normalized spacial score (nSPS) is 13.9. The molecule has 0 saturated carbocycles. The predicted molar refractivity (Wildman–Crippen MR) is 550 cm³/mol. The van der Waals surface area contributed by atoms with Crippen molar-refractivity contribution in [1.82, 2.24) is 0 Å². The summed E-state index contributed by atoms with van der Waals surface area (Å²) in [5.41, 5.74) is 15.3. The van der Waals surface area contributed by atoms with Crippen LogP contribution in [0.4, 0.5) is 11.4 Å². The number of carbonyl (C=O) groups is 2. The number of unbranched alkanes of at least 4 members (excludes halogenated alkanes) is 12. The van der Waals surface area contributed by atoms with Gasteiger partial charge in [0.25, 0.3) is 0 Å². The van der Waals surface area contributed by atoms with Crippen LogP contribution in [0.2, 0.25) is 0 Å². The van der Waals surface area contributed by atoms with Crippen molar-refractivity contribution in [1.29, 1.82) is 21.0 Å². The largest absolute Gasteiger partial charge is 0.527 e. The molecule has 6 aromatic carbocycles. The molecule has 16 rings (SSSR count). The second-order valence-electron chi connectivity index (χ2n) is 34.8. The summed E-state index contributed by atoms with van der Waals surface area (Å²) in [5, 5.41) is 41.9. The number of rotatable bonds is 44. The Bertz CT molecular complexity index is 6480. The number of carbonyl (C=O) groups excluding carboxylic acids is 2. The second kappa shape index (κ2) is 44.7. The predicted octanol–water partition coefficient (Wildman–Crippen LogP) is 29.8. The van der Waals surface area contributed by atoms with Crippen LogP contribution in [0.5, 0.6) is 0 Å². The van der Waals surface area contributed by atoms with Gasteiger partial charge in [-0.1, -0.05) is 202 Å². The fourth-order valence-corrected chi connectivity index (χ4v) is 27.9. The van der Waals surface area contributed by atoms with Crippen LogP contribution in [0.1, 0.15) is 261 Å². The van der Waals surface area contributed by atoms with E-state index in [1.54, 1.807) is 49.0 Å². The van der Waals surface area contributed by atoms with Crippen LogP contribution in [0.15, 0.2) is 168 Å². The van der Waals surface area contributed by atoms with Gasteiger partial charge in [-0.3, -0.25) is 9.59 Å². The molecule has 0 radical (unpaired) electrons. The fourth-order valence-electron chi connectivity index (χ4n) is 19.6. The molecule has 6 heterocycles. The van der Waals surface area contributed by atoms with Crippen molar-refractivity contribution in [3.05, 3.63) is 335 Å². The van der Waals surface area contributed by atoms with E-state index in [2.05, 4.69) is 181 Å². The van der Waals surface area contributed by atoms with Crippen molar-refractivity contribution in [3.8, 4) is 63.3 Å². The van der Waals surface area contributed by atoms with Gasteiger partial charge in [0.15, 0.2) is 11.6 Å². The number of hydrogen-bond acceptors (Lipinski definition) is 18. The number of methoxy groups -OCH3 is 2. The molecule has 4 aliphatic carbocycles. The number of nitriles is 4. The minimum Gasteiger partial charge on any atom is -0.382 e. The van der Waals surface area contributed by atoms with Crippen LogP contribution < -0.4 is 0 Å². The lowest BCUT2D eigenvalue weighted by Gasteiger charge is -2.34. The maximum atomic E-state index is 15.1. The zero-order valence-electron chi connectivity index (χ0n) is 77.5. The molecule has 0 saturated heterocycles. The first-order chi connectivity index (χ1) is 66.7. The van der Waals surface area contributed by atoms with Gasteiger partial charge < -0.3 is 28.4 Å². The Labute approximate surface area is 821 Å². The lowest BCUT2D eigenvalue weighted by atomic mass is 9.67. The van der Waals surface area contributed by atoms with E-state index in [1.807, 2.05) is 34.8 Å². The van der Waals surface area contributed by atoms with E-state index < -0.39 is 22.4 Å². The van der Waals surface area contributed by atoms with E-state index in [9.17, 15) is 21.0 Å². The molecule has 0 fully saturated rings. The lowest BCUT2D eigenvalue weighted by molar-refractivity contribution is 0.0201. The summed E-state index contributed by atoms with van der Waals surface area (Å²) in [6.07, 6.45) is 25.4. The minimum atomic E-state index is -0.940.